The van der Waals surface area contributed by atoms with Crippen molar-refractivity contribution in [2.45, 2.75) is 38.8 Å². The summed E-state index contributed by atoms with van der Waals surface area (Å²) >= 11 is 1.09. The van der Waals surface area contributed by atoms with Crippen LogP contribution in [-0.2, 0) is 16.1 Å². The number of fused-ring (bicyclic) bond motifs is 3. The number of carbonyl (C=O) groups is 3. The van der Waals surface area contributed by atoms with Crippen molar-refractivity contribution in [3.05, 3.63) is 75.7 Å². The van der Waals surface area contributed by atoms with Gasteiger partial charge < -0.3 is 20.5 Å². The van der Waals surface area contributed by atoms with Gasteiger partial charge in [0.15, 0.2) is 0 Å². The van der Waals surface area contributed by atoms with E-state index in [1.807, 2.05) is 38.1 Å². The Balaban J connectivity index is 1.30. The van der Waals surface area contributed by atoms with Crippen molar-refractivity contribution in [2.75, 3.05) is 6.61 Å². The normalized spacial score (nSPS) is 13.1. The number of aliphatic carboxylic acids is 1. The SMILES string of the molecule is CC(C)CC(NC(=O)c1cnc(CNC(=O)OCC2c3ccccc3-c3ccccc32)s1)C(=O)O. The first-order chi connectivity index (χ1) is 16.8. The Bertz CT molecular complexity index is 1190. The zero-order chi connectivity index (χ0) is 24.9. The maximum atomic E-state index is 12.4. The molecule has 1 heterocycles. The number of carbonyl (C=O) groups excluding carboxylic acids is 2. The number of nitrogens with zero attached hydrogens (tertiary/aromatic N) is 1. The molecule has 0 saturated heterocycles. The standard InChI is InChI=1S/C26H27N3O5S/c1-15(2)11-21(25(31)32)29-24(30)22-12-27-23(35-22)13-28-26(33)34-14-20-18-9-5-3-7-16(18)17-8-4-6-10-19(17)20/h3-10,12,15,20-21H,11,13-14H2,1-2H3,(H,28,33)(H,29,30)(H,31,32). The molecule has 3 N–H and O–H groups in total. The van der Waals surface area contributed by atoms with Gasteiger partial charge in [-0.2, -0.15) is 0 Å². The van der Waals surface area contributed by atoms with Gasteiger partial charge in [-0.1, -0.05) is 62.4 Å². The molecule has 0 saturated carbocycles. The van der Waals surface area contributed by atoms with Gasteiger partial charge in [-0.15, -0.1) is 11.3 Å². The average Bonchev–Trinajstić information content (AvgIpc) is 3.44. The first-order valence-electron chi connectivity index (χ1n) is 11.4. The molecule has 1 aromatic heterocycles. The summed E-state index contributed by atoms with van der Waals surface area (Å²) in [5, 5.41) is 15.0. The maximum Gasteiger partial charge on any atom is 0.407 e. The Kier molecular flexibility index (Phi) is 7.45. The van der Waals surface area contributed by atoms with Crippen molar-refractivity contribution in [2.24, 2.45) is 5.92 Å². The maximum absolute atomic E-state index is 12.4. The van der Waals surface area contributed by atoms with Gasteiger partial charge in [-0.25, -0.2) is 14.6 Å². The lowest BCUT2D eigenvalue weighted by Crippen LogP contribution is -2.41. The Morgan fingerprint density at radius 3 is 2.29 bits per heavy atom. The van der Waals surface area contributed by atoms with Crippen LogP contribution in [0.25, 0.3) is 11.1 Å². The summed E-state index contributed by atoms with van der Waals surface area (Å²) < 4.78 is 5.51. The first kappa shape index (κ1) is 24.4. The number of hydrogen-bond acceptors (Lipinski definition) is 6. The number of benzene rings is 2. The summed E-state index contributed by atoms with van der Waals surface area (Å²) in [6, 6.07) is 15.3. The van der Waals surface area contributed by atoms with Gasteiger partial charge in [0.2, 0.25) is 0 Å². The van der Waals surface area contributed by atoms with E-state index in [2.05, 4.69) is 39.9 Å². The molecule has 35 heavy (non-hydrogen) atoms. The Morgan fingerprint density at radius 1 is 1.06 bits per heavy atom. The van der Waals surface area contributed by atoms with Crippen LogP contribution in [0.1, 0.15) is 52.0 Å². The van der Waals surface area contributed by atoms with Crippen LogP contribution in [0.15, 0.2) is 54.7 Å². The lowest BCUT2D eigenvalue weighted by molar-refractivity contribution is -0.139. The second kappa shape index (κ2) is 10.7. The quantitative estimate of drug-likeness (QED) is 0.406. The number of ether oxygens (including phenoxy) is 1. The summed E-state index contributed by atoms with van der Waals surface area (Å²) in [5.74, 6) is -1.48. The van der Waals surface area contributed by atoms with Crippen molar-refractivity contribution in [3.63, 3.8) is 0 Å². The molecule has 4 rings (SSSR count). The molecule has 1 aliphatic carbocycles. The first-order valence-corrected chi connectivity index (χ1v) is 12.2. The lowest BCUT2D eigenvalue weighted by Gasteiger charge is -2.15. The number of amides is 2. The van der Waals surface area contributed by atoms with E-state index in [4.69, 9.17) is 4.74 Å². The molecule has 182 valence electrons. The highest BCUT2D eigenvalue weighted by Crippen LogP contribution is 2.44. The highest BCUT2D eigenvalue weighted by Gasteiger charge is 2.29. The molecule has 1 unspecified atom stereocenters. The molecule has 0 fully saturated rings. The van der Waals surface area contributed by atoms with Crippen LogP contribution < -0.4 is 10.6 Å². The van der Waals surface area contributed by atoms with E-state index in [1.54, 1.807) is 0 Å². The third-order valence-corrected chi connectivity index (χ3v) is 6.81. The highest BCUT2D eigenvalue weighted by atomic mass is 32.1. The van der Waals surface area contributed by atoms with Gasteiger partial charge in [0.05, 0.1) is 12.7 Å². The topological polar surface area (TPSA) is 118 Å². The van der Waals surface area contributed by atoms with Gasteiger partial charge in [-0.05, 0) is 34.6 Å². The molecule has 0 spiro atoms. The predicted molar refractivity (Wildman–Crippen MR) is 132 cm³/mol. The molecule has 0 aliphatic heterocycles. The molecule has 0 bridgehead atoms. The zero-order valence-corrected chi connectivity index (χ0v) is 20.3. The van der Waals surface area contributed by atoms with Crippen molar-refractivity contribution in [3.8, 4) is 11.1 Å². The Morgan fingerprint density at radius 2 is 1.69 bits per heavy atom. The van der Waals surface area contributed by atoms with Crippen LogP contribution >= 0.6 is 11.3 Å². The largest absolute Gasteiger partial charge is 0.480 e. The summed E-state index contributed by atoms with van der Waals surface area (Å²) in [6.45, 7) is 4.09. The third kappa shape index (κ3) is 5.68. The van der Waals surface area contributed by atoms with Gasteiger partial charge in [0, 0.05) is 5.92 Å². The fourth-order valence-electron chi connectivity index (χ4n) is 4.22. The number of rotatable bonds is 9. The summed E-state index contributed by atoms with van der Waals surface area (Å²) in [6.07, 6.45) is 1.13. The van der Waals surface area contributed by atoms with E-state index >= 15 is 0 Å². The van der Waals surface area contributed by atoms with Crippen LogP contribution in [0, 0.1) is 5.92 Å². The number of aromatic nitrogens is 1. The van der Waals surface area contributed by atoms with E-state index < -0.39 is 24.0 Å². The molecule has 1 aliphatic rings. The van der Waals surface area contributed by atoms with E-state index in [0.717, 1.165) is 33.6 Å². The van der Waals surface area contributed by atoms with Crippen LogP contribution in [-0.4, -0.2) is 40.7 Å². The van der Waals surface area contributed by atoms with Crippen LogP contribution in [0.5, 0.6) is 0 Å². The van der Waals surface area contributed by atoms with Gasteiger partial charge in [-0.3, -0.25) is 4.79 Å². The smallest absolute Gasteiger partial charge is 0.407 e. The molecular formula is C26H27N3O5S. The van der Waals surface area contributed by atoms with Gasteiger partial charge >= 0.3 is 12.1 Å². The predicted octanol–water partition coefficient (Wildman–Crippen LogP) is 4.41. The van der Waals surface area contributed by atoms with Gasteiger partial charge in [0.1, 0.15) is 22.5 Å². The van der Waals surface area contributed by atoms with Gasteiger partial charge in [0.25, 0.3) is 5.91 Å². The van der Waals surface area contributed by atoms with Crippen LogP contribution in [0.2, 0.25) is 0 Å². The average molecular weight is 494 g/mol. The molecule has 9 heteroatoms. The van der Waals surface area contributed by atoms with E-state index in [9.17, 15) is 19.5 Å². The molecule has 3 aromatic rings. The van der Waals surface area contributed by atoms with Crippen molar-refractivity contribution < 1.29 is 24.2 Å². The second-order valence-electron chi connectivity index (χ2n) is 8.79. The van der Waals surface area contributed by atoms with Crippen molar-refractivity contribution in [1.29, 1.82) is 0 Å². The molecule has 2 aromatic carbocycles. The minimum absolute atomic E-state index is 0.0312. The number of carboxylic acids is 1. The van der Waals surface area contributed by atoms with E-state index in [-0.39, 0.29) is 29.9 Å². The summed E-state index contributed by atoms with van der Waals surface area (Å²) in [5.41, 5.74) is 4.58. The molecule has 8 nitrogen and oxygen atoms in total. The van der Waals surface area contributed by atoms with Crippen molar-refractivity contribution >= 4 is 29.3 Å². The molecule has 1 atom stereocenters. The highest BCUT2D eigenvalue weighted by molar-refractivity contribution is 7.13. The lowest BCUT2D eigenvalue weighted by atomic mass is 9.98. The monoisotopic (exact) mass is 493 g/mol. The minimum atomic E-state index is -1.08. The van der Waals surface area contributed by atoms with Crippen molar-refractivity contribution in [1.82, 2.24) is 15.6 Å². The molecule has 0 radical (unpaired) electrons. The molecular weight excluding hydrogens is 466 g/mol. The zero-order valence-electron chi connectivity index (χ0n) is 19.5. The summed E-state index contributed by atoms with van der Waals surface area (Å²) in [4.78, 5) is 40.6. The Labute approximate surface area is 207 Å². The minimum Gasteiger partial charge on any atom is -0.480 e. The molecule has 2 amide bonds. The van der Waals surface area contributed by atoms with E-state index in [0.29, 0.717) is 11.4 Å². The Hall–Kier alpha value is -3.72. The second-order valence-corrected chi connectivity index (χ2v) is 9.91. The number of alkyl carbamates (subject to hydrolysis) is 1. The van der Waals surface area contributed by atoms with Crippen LogP contribution in [0.4, 0.5) is 4.79 Å². The number of carboxylic acid groups (broad SMARTS) is 1. The van der Waals surface area contributed by atoms with E-state index in [1.165, 1.54) is 6.20 Å². The summed E-state index contributed by atoms with van der Waals surface area (Å²) in [7, 11) is 0. The number of thiazole rings is 1. The fraction of sp³-hybridized carbons (Fsp3) is 0.308. The fourth-order valence-corrected chi connectivity index (χ4v) is 4.98. The number of hydrogen-bond donors (Lipinski definition) is 3. The number of nitrogens with one attached hydrogen (secondary N) is 2. The third-order valence-electron chi connectivity index (χ3n) is 5.82. The van der Waals surface area contributed by atoms with Crippen LogP contribution in [0.3, 0.4) is 0 Å².